The maximum atomic E-state index is 11.3. The smallest absolute Gasteiger partial charge is 0.313 e. The molecule has 0 fully saturated rings. The molecule has 0 aliphatic rings. The second-order valence-electron chi connectivity index (χ2n) is 6.07. The zero-order valence-corrected chi connectivity index (χ0v) is 15.0. The highest BCUT2D eigenvalue weighted by Crippen LogP contribution is 2.30. The van der Waals surface area contributed by atoms with Crippen molar-refractivity contribution >= 4 is 39.3 Å². The summed E-state index contributed by atoms with van der Waals surface area (Å²) in [6.07, 6.45) is -0.0197. The van der Waals surface area contributed by atoms with E-state index in [9.17, 15) is 4.79 Å². The van der Waals surface area contributed by atoms with Crippen molar-refractivity contribution in [1.29, 1.82) is 5.41 Å². The molecule has 2 N–H and O–H groups in total. The number of fused-ring (bicyclic) bond motifs is 2. The van der Waals surface area contributed by atoms with Gasteiger partial charge in [0.2, 0.25) is 0 Å². The average Bonchev–Trinajstić information content (AvgIpc) is 2.67. The summed E-state index contributed by atoms with van der Waals surface area (Å²) in [6, 6.07) is 16.1. The monoisotopic (exact) mass is 350 g/mol. The summed E-state index contributed by atoms with van der Waals surface area (Å²) in [4.78, 5) is 17.8. The molecule has 0 atom stereocenters. The summed E-state index contributed by atoms with van der Waals surface area (Å²) >= 11 is 0. The Bertz CT molecular complexity index is 901. The van der Waals surface area contributed by atoms with Gasteiger partial charge in [0.1, 0.15) is 12.3 Å². The highest BCUT2D eigenvalue weighted by Gasteiger charge is 2.11. The third kappa shape index (κ3) is 3.74. The van der Waals surface area contributed by atoms with E-state index in [1.54, 1.807) is 11.9 Å². The standard InChI is InChI=1S/C20H22N4O2/c1-24(18(21)13-19(25)26-2)12-11-22-20-14-7-3-5-9-16(14)23-17-10-6-4-8-15(17)20/h3-10,21H,11-13H2,1-2H3,(H,22,23). The normalized spacial score (nSPS) is 10.7. The summed E-state index contributed by atoms with van der Waals surface area (Å²) in [6.45, 7) is 1.23. The number of amidine groups is 1. The van der Waals surface area contributed by atoms with E-state index in [1.165, 1.54) is 7.11 Å². The first-order chi connectivity index (χ1) is 12.6. The van der Waals surface area contributed by atoms with Gasteiger partial charge in [0.15, 0.2) is 0 Å². The van der Waals surface area contributed by atoms with Gasteiger partial charge in [-0.1, -0.05) is 36.4 Å². The maximum absolute atomic E-state index is 11.3. The topological polar surface area (TPSA) is 78.3 Å². The Labute approximate surface area is 152 Å². The van der Waals surface area contributed by atoms with Crippen LogP contribution in [0.4, 0.5) is 5.69 Å². The van der Waals surface area contributed by atoms with E-state index in [4.69, 9.17) is 10.4 Å². The molecule has 0 saturated heterocycles. The molecule has 6 nitrogen and oxygen atoms in total. The van der Waals surface area contributed by atoms with Gasteiger partial charge in [0.05, 0.1) is 23.8 Å². The number of benzene rings is 2. The number of anilines is 1. The highest BCUT2D eigenvalue weighted by atomic mass is 16.5. The van der Waals surface area contributed by atoms with Crippen LogP contribution in [0, 0.1) is 5.41 Å². The lowest BCUT2D eigenvalue weighted by Gasteiger charge is -2.20. The second-order valence-corrected chi connectivity index (χ2v) is 6.07. The molecule has 26 heavy (non-hydrogen) atoms. The third-order valence-corrected chi connectivity index (χ3v) is 4.34. The van der Waals surface area contributed by atoms with Crippen molar-refractivity contribution < 1.29 is 9.53 Å². The van der Waals surface area contributed by atoms with Crippen molar-refractivity contribution in [1.82, 2.24) is 9.88 Å². The van der Waals surface area contributed by atoms with Gasteiger partial charge in [-0.2, -0.15) is 0 Å². The number of hydrogen-bond acceptors (Lipinski definition) is 5. The van der Waals surface area contributed by atoms with Gasteiger partial charge in [-0.15, -0.1) is 0 Å². The number of rotatable bonds is 6. The van der Waals surface area contributed by atoms with E-state index in [0.717, 1.165) is 27.5 Å². The predicted molar refractivity (Wildman–Crippen MR) is 105 cm³/mol. The molecule has 0 spiro atoms. The highest BCUT2D eigenvalue weighted by molar-refractivity contribution is 6.07. The SMILES string of the molecule is COC(=O)CC(=N)N(C)CCNc1c2ccccc2nc2ccccc12. The number of para-hydroxylation sites is 2. The maximum Gasteiger partial charge on any atom is 0.313 e. The zero-order valence-electron chi connectivity index (χ0n) is 15.0. The summed E-state index contributed by atoms with van der Waals surface area (Å²) in [7, 11) is 3.13. The molecule has 1 aromatic heterocycles. The second kappa shape index (κ2) is 7.82. The number of aromatic nitrogens is 1. The quantitative estimate of drug-likeness (QED) is 0.309. The van der Waals surface area contributed by atoms with Gasteiger partial charge in [0, 0.05) is 30.9 Å². The minimum absolute atomic E-state index is 0.0197. The number of carbonyl (C=O) groups is 1. The molecule has 0 aliphatic carbocycles. The Morgan fingerprint density at radius 2 is 1.69 bits per heavy atom. The van der Waals surface area contributed by atoms with Crippen molar-refractivity contribution in [3.05, 3.63) is 48.5 Å². The van der Waals surface area contributed by atoms with Crippen molar-refractivity contribution in [2.24, 2.45) is 0 Å². The molecule has 134 valence electrons. The van der Waals surface area contributed by atoms with E-state index < -0.39 is 5.97 Å². The first kappa shape index (κ1) is 17.7. The van der Waals surface area contributed by atoms with Crippen LogP contribution in [0.15, 0.2) is 48.5 Å². The Morgan fingerprint density at radius 3 is 2.27 bits per heavy atom. The van der Waals surface area contributed by atoms with Crippen LogP contribution in [0.2, 0.25) is 0 Å². The number of esters is 1. The lowest BCUT2D eigenvalue weighted by Crippen LogP contribution is -2.32. The van der Waals surface area contributed by atoms with Gasteiger partial charge >= 0.3 is 5.97 Å². The van der Waals surface area contributed by atoms with Crippen molar-refractivity contribution in [3.63, 3.8) is 0 Å². The number of carbonyl (C=O) groups excluding carboxylic acids is 1. The van der Waals surface area contributed by atoms with Crippen LogP contribution >= 0.6 is 0 Å². The lowest BCUT2D eigenvalue weighted by molar-refractivity contribution is -0.139. The molecule has 6 heteroatoms. The molecule has 0 amide bonds. The van der Waals surface area contributed by atoms with Gasteiger partial charge in [-0.05, 0) is 12.1 Å². The number of likely N-dealkylation sites (N-methyl/N-ethyl adjacent to an activating group) is 1. The Morgan fingerprint density at radius 1 is 1.12 bits per heavy atom. The first-order valence-electron chi connectivity index (χ1n) is 8.47. The van der Waals surface area contributed by atoms with Crippen molar-refractivity contribution in [2.45, 2.75) is 6.42 Å². The van der Waals surface area contributed by atoms with Crippen LogP contribution in [-0.4, -0.2) is 48.9 Å². The average molecular weight is 350 g/mol. The Balaban J connectivity index is 1.78. The van der Waals surface area contributed by atoms with E-state index in [0.29, 0.717) is 13.1 Å². The van der Waals surface area contributed by atoms with E-state index in [1.807, 2.05) is 36.4 Å². The Hall–Kier alpha value is -3.15. The molecule has 3 rings (SSSR count). The van der Waals surface area contributed by atoms with Crippen LogP contribution in [0.1, 0.15) is 6.42 Å². The van der Waals surface area contributed by atoms with Crippen molar-refractivity contribution in [3.8, 4) is 0 Å². The lowest BCUT2D eigenvalue weighted by atomic mass is 10.1. The van der Waals surface area contributed by atoms with Crippen molar-refractivity contribution in [2.75, 3.05) is 32.6 Å². The van der Waals surface area contributed by atoms with Gasteiger partial charge in [-0.3, -0.25) is 10.2 Å². The number of nitrogens with one attached hydrogen (secondary N) is 2. The summed E-state index contributed by atoms with van der Waals surface area (Å²) in [5.74, 6) is -0.163. The molecule has 0 aliphatic heterocycles. The number of pyridine rings is 1. The third-order valence-electron chi connectivity index (χ3n) is 4.34. The van der Waals surface area contributed by atoms with Crippen LogP contribution in [-0.2, 0) is 9.53 Å². The molecule has 0 bridgehead atoms. The minimum atomic E-state index is -0.402. The molecule has 1 heterocycles. The molecule has 3 aromatic rings. The van der Waals surface area contributed by atoms with E-state index >= 15 is 0 Å². The molecule has 2 aromatic carbocycles. The molecular weight excluding hydrogens is 328 g/mol. The van der Waals surface area contributed by atoms with Gasteiger partial charge < -0.3 is 15.0 Å². The van der Waals surface area contributed by atoms with E-state index in [-0.39, 0.29) is 12.3 Å². The molecule has 0 radical (unpaired) electrons. The minimum Gasteiger partial charge on any atom is -0.469 e. The number of ether oxygens (including phenoxy) is 1. The van der Waals surface area contributed by atoms with Crippen LogP contribution < -0.4 is 5.32 Å². The van der Waals surface area contributed by atoms with Crippen LogP contribution in [0.3, 0.4) is 0 Å². The summed E-state index contributed by atoms with van der Waals surface area (Å²) in [5.41, 5.74) is 2.93. The first-order valence-corrected chi connectivity index (χ1v) is 8.47. The van der Waals surface area contributed by atoms with Gasteiger partial charge in [-0.25, -0.2) is 4.98 Å². The largest absolute Gasteiger partial charge is 0.469 e. The molecule has 0 unspecified atom stereocenters. The van der Waals surface area contributed by atoms with Crippen LogP contribution in [0.5, 0.6) is 0 Å². The Kier molecular flexibility index (Phi) is 5.31. The fourth-order valence-electron chi connectivity index (χ4n) is 2.86. The molecular formula is C20H22N4O2. The fraction of sp³-hybridized carbons (Fsp3) is 0.250. The van der Waals surface area contributed by atoms with E-state index in [2.05, 4.69) is 22.2 Å². The summed E-state index contributed by atoms with van der Waals surface area (Å²) < 4.78 is 4.61. The summed E-state index contributed by atoms with van der Waals surface area (Å²) in [5, 5.41) is 13.6. The number of methoxy groups -OCH3 is 1. The van der Waals surface area contributed by atoms with Gasteiger partial charge in [0.25, 0.3) is 0 Å². The number of hydrogen-bond donors (Lipinski definition) is 2. The molecule has 0 saturated carbocycles. The zero-order chi connectivity index (χ0) is 18.5. The van der Waals surface area contributed by atoms with Crippen LogP contribution in [0.25, 0.3) is 21.8 Å². The predicted octanol–water partition coefficient (Wildman–Crippen LogP) is 3.27. The fourth-order valence-corrected chi connectivity index (χ4v) is 2.86. The number of nitrogens with zero attached hydrogens (tertiary/aromatic N) is 2.